The number of carboxylic acids is 2. The maximum absolute atomic E-state index is 10.2. The minimum atomic E-state index is -1.57. The molecule has 0 aromatic carbocycles. The topological polar surface area (TPSA) is 80.3 Å². The molecule has 1 atom stereocenters. The van der Waals surface area contributed by atoms with Crippen LogP contribution in [0.25, 0.3) is 0 Å². The Morgan fingerprint density at radius 1 is 1.23 bits per heavy atom. The molecule has 0 aliphatic rings. The van der Waals surface area contributed by atoms with E-state index in [9.17, 15) is 19.8 Å². The molecule has 0 radical (unpaired) electrons. The Labute approximate surface area is 142 Å². The summed E-state index contributed by atoms with van der Waals surface area (Å²) in [5, 5.41) is 20.4. The van der Waals surface area contributed by atoms with Gasteiger partial charge in [-0.15, -0.1) is 0 Å². The molecule has 0 saturated carbocycles. The molecule has 0 amide bonds. The maximum Gasteiger partial charge on any atom is 1.00 e. The van der Waals surface area contributed by atoms with Gasteiger partial charge >= 0.3 is 80.9 Å². The van der Waals surface area contributed by atoms with Gasteiger partial charge in [0, 0.05) is 5.92 Å². The summed E-state index contributed by atoms with van der Waals surface area (Å²) in [5.41, 5.74) is 0. The molecule has 0 rings (SSSR count). The number of carbonyl (C=O) groups excluding carboxylic acids is 2. The monoisotopic (exact) mass is 220 g/mol. The molecule has 0 aliphatic heterocycles. The second kappa shape index (κ2) is 10.1. The molecule has 0 aromatic heterocycles. The van der Waals surface area contributed by atoms with Gasteiger partial charge in [0.25, 0.3) is 0 Å². The van der Waals surface area contributed by atoms with Crippen molar-refractivity contribution in [2.75, 3.05) is 0 Å². The zero-order chi connectivity index (χ0) is 9.02. The van der Waals surface area contributed by atoms with E-state index in [1.807, 2.05) is 0 Å². The molecule has 0 fully saturated rings. The van der Waals surface area contributed by atoms with Crippen LogP contribution in [0.15, 0.2) is 0 Å². The number of hydrogen-bond donors (Lipinski definition) is 0. The van der Waals surface area contributed by atoms with Crippen molar-refractivity contribution in [3.63, 3.8) is 0 Å². The van der Waals surface area contributed by atoms with E-state index < -0.39 is 23.8 Å². The van der Waals surface area contributed by atoms with Crippen molar-refractivity contribution in [2.24, 2.45) is 11.8 Å². The Bertz CT molecular complexity index is 160. The summed E-state index contributed by atoms with van der Waals surface area (Å²) in [6.07, 6.45) is 0.479. The van der Waals surface area contributed by atoms with Crippen LogP contribution in [-0.2, 0) is 9.59 Å². The Morgan fingerprint density at radius 2 is 1.54 bits per heavy atom. The molecule has 13 heavy (non-hydrogen) atoms. The second-order valence-electron chi connectivity index (χ2n) is 2.50. The van der Waals surface area contributed by atoms with Crippen LogP contribution in [0.5, 0.6) is 0 Å². The fraction of sp³-hybridized carbons (Fsp3) is 0.714. The summed E-state index contributed by atoms with van der Waals surface area (Å²) in [4.78, 5) is 20.4. The SMILES string of the molecule is CCC(C)C(C(=O)[O-])C(=O)[O-].[K+].[Na+]. The van der Waals surface area contributed by atoms with E-state index >= 15 is 0 Å². The molecular weight excluding hydrogens is 210 g/mol. The van der Waals surface area contributed by atoms with Crippen LogP contribution < -0.4 is 91.2 Å². The Balaban J connectivity index is -0.000000500. The first-order chi connectivity index (χ1) is 5.00. The average Bonchev–Trinajstić information content (AvgIpc) is 1.85. The standard InChI is InChI=1S/C7H12O4.K.Na/c1-3-4(2)5(6(8)9)7(10)11;;/h4-5H,3H2,1-2H3,(H,8,9)(H,10,11);;/q;2*+1/p-2. The van der Waals surface area contributed by atoms with Crippen molar-refractivity contribution in [1.29, 1.82) is 0 Å². The van der Waals surface area contributed by atoms with Gasteiger partial charge in [-0.2, -0.15) is 0 Å². The van der Waals surface area contributed by atoms with Gasteiger partial charge in [0.2, 0.25) is 0 Å². The van der Waals surface area contributed by atoms with Crippen LogP contribution in [0.2, 0.25) is 0 Å². The number of aliphatic carboxylic acids is 2. The van der Waals surface area contributed by atoms with Crippen molar-refractivity contribution in [1.82, 2.24) is 0 Å². The molecule has 0 saturated heterocycles. The van der Waals surface area contributed by atoms with E-state index in [0.717, 1.165) is 0 Å². The van der Waals surface area contributed by atoms with Gasteiger partial charge in [-0.3, -0.25) is 0 Å². The molecule has 0 aliphatic carbocycles. The number of carboxylic acid groups (broad SMARTS) is 2. The van der Waals surface area contributed by atoms with Crippen LogP contribution >= 0.6 is 0 Å². The van der Waals surface area contributed by atoms with Crippen LogP contribution in [0.1, 0.15) is 20.3 Å². The Hall–Kier alpha value is 1.58. The maximum atomic E-state index is 10.2. The van der Waals surface area contributed by atoms with Crippen molar-refractivity contribution >= 4 is 11.9 Å². The van der Waals surface area contributed by atoms with Crippen LogP contribution in [0.4, 0.5) is 0 Å². The summed E-state index contributed by atoms with van der Waals surface area (Å²) in [6.45, 7) is 3.25. The van der Waals surface area contributed by atoms with Crippen molar-refractivity contribution in [2.45, 2.75) is 20.3 Å². The van der Waals surface area contributed by atoms with Crippen LogP contribution in [0.3, 0.4) is 0 Å². The third-order valence-electron chi connectivity index (χ3n) is 1.72. The van der Waals surface area contributed by atoms with Crippen LogP contribution in [0, 0.1) is 11.8 Å². The molecule has 0 aromatic rings. The summed E-state index contributed by atoms with van der Waals surface area (Å²) in [5.74, 6) is -5.07. The number of rotatable bonds is 4. The molecule has 0 bridgehead atoms. The minimum absolute atomic E-state index is 0. The van der Waals surface area contributed by atoms with Crippen LogP contribution in [-0.4, -0.2) is 11.9 Å². The first kappa shape index (κ1) is 20.0. The molecule has 0 heterocycles. The molecule has 1 unspecified atom stereocenters. The largest absolute Gasteiger partial charge is 1.00 e. The van der Waals surface area contributed by atoms with E-state index in [1.165, 1.54) is 6.92 Å². The molecule has 0 spiro atoms. The van der Waals surface area contributed by atoms with Crippen molar-refractivity contribution in [3.8, 4) is 0 Å². The Morgan fingerprint density at radius 3 is 1.62 bits per heavy atom. The van der Waals surface area contributed by atoms with E-state index in [0.29, 0.717) is 6.42 Å². The van der Waals surface area contributed by atoms with Gasteiger partial charge in [0.1, 0.15) is 0 Å². The van der Waals surface area contributed by atoms with Gasteiger partial charge in [-0.1, -0.05) is 20.3 Å². The van der Waals surface area contributed by atoms with Gasteiger partial charge in [-0.25, -0.2) is 0 Å². The molecular formula is C7H10KNaO4. The predicted octanol–water partition coefficient (Wildman–Crippen LogP) is -7.84. The van der Waals surface area contributed by atoms with Crippen molar-refractivity contribution < 1.29 is 101 Å². The molecule has 4 nitrogen and oxygen atoms in total. The van der Waals surface area contributed by atoms with Gasteiger partial charge < -0.3 is 19.8 Å². The average molecular weight is 220 g/mol. The minimum Gasteiger partial charge on any atom is -0.549 e. The predicted molar refractivity (Wildman–Crippen MR) is 33.0 cm³/mol. The fourth-order valence-corrected chi connectivity index (χ4v) is 0.797. The zero-order valence-electron chi connectivity index (χ0n) is 8.49. The smallest absolute Gasteiger partial charge is 0.549 e. The molecule has 0 N–H and O–H groups in total. The zero-order valence-corrected chi connectivity index (χ0v) is 13.6. The number of carbonyl (C=O) groups is 2. The summed E-state index contributed by atoms with van der Waals surface area (Å²) in [6, 6.07) is 0. The van der Waals surface area contributed by atoms with Gasteiger partial charge in [0.05, 0.1) is 11.9 Å². The van der Waals surface area contributed by atoms with E-state index in [-0.39, 0.29) is 80.9 Å². The molecule has 6 heteroatoms. The number of hydrogen-bond acceptors (Lipinski definition) is 4. The van der Waals surface area contributed by atoms with E-state index in [4.69, 9.17) is 0 Å². The summed E-state index contributed by atoms with van der Waals surface area (Å²) in [7, 11) is 0. The van der Waals surface area contributed by atoms with E-state index in [2.05, 4.69) is 0 Å². The third kappa shape index (κ3) is 7.50. The first-order valence-corrected chi connectivity index (χ1v) is 3.42. The normalized spacial score (nSPS) is 11.0. The quantitative estimate of drug-likeness (QED) is 0.348. The molecule has 64 valence electrons. The van der Waals surface area contributed by atoms with Gasteiger partial charge in [-0.05, 0) is 5.92 Å². The summed E-state index contributed by atoms with van der Waals surface area (Å²) >= 11 is 0. The van der Waals surface area contributed by atoms with Gasteiger partial charge in [0.15, 0.2) is 0 Å². The first-order valence-electron chi connectivity index (χ1n) is 3.42. The third-order valence-corrected chi connectivity index (χ3v) is 1.72. The fourth-order valence-electron chi connectivity index (χ4n) is 0.797. The van der Waals surface area contributed by atoms with Crippen molar-refractivity contribution in [3.05, 3.63) is 0 Å². The second-order valence-corrected chi connectivity index (χ2v) is 2.50. The van der Waals surface area contributed by atoms with E-state index in [1.54, 1.807) is 6.92 Å². The Kier molecular flexibility index (Phi) is 15.6. The summed E-state index contributed by atoms with van der Waals surface area (Å²) < 4.78 is 0.